The predicted molar refractivity (Wildman–Crippen MR) is 73.4 cm³/mol. The van der Waals surface area contributed by atoms with E-state index < -0.39 is 23.8 Å². The van der Waals surface area contributed by atoms with Crippen LogP contribution in [0.15, 0.2) is 40.9 Å². The topological polar surface area (TPSA) is 29.5 Å². The van der Waals surface area contributed by atoms with Crippen LogP contribution in [0.25, 0.3) is 0 Å². The van der Waals surface area contributed by atoms with Crippen molar-refractivity contribution in [1.29, 1.82) is 0 Å². The SMILES string of the molecule is OC1CC(c2ccc(F)cc2F)Oc2cc(Br)ccc21. The number of fused-ring (bicyclic) bond motifs is 1. The van der Waals surface area contributed by atoms with Crippen molar-refractivity contribution in [3.05, 3.63) is 63.6 Å². The van der Waals surface area contributed by atoms with E-state index in [4.69, 9.17) is 4.74 Å². The normalized spacial score (nSPS) is 21.2. The first-order valence-corrected chi connectivity index (χ1v) is 6.93. The van der Waals surface area contributed by atoms with Crippen LogP contribution in [0.4, 0.5) is 8.78 Å². The molecule has 0 fully saturated rings. The lowest BCUT2D eigenvalue weighted by molar-refractivity contribution is 0.0639. The molecule has 3 rings (SSSR count). The van der Waals surface area contributed by atoms with Crippen molar-refractivity contribution >= 4 is 15.9 Å². The molecule has 0 amide bonds. The molecule has 5 heteroatoms. The Bertz CT molecular complexity index is 660. The molecule has 0 saturated heterocycles. The summed E-state index contributed by atoms with van der Waals surface area (Å²) in [6, 6.07) is 8.66. The van der Waals surface area contributed by atoms with Crippen molar-refractivity contribution in [2.24, 2.45) is 0 Å². The smallest absolute Gasteiger partial charge is 0.133 e. The zero-order chi connectivity index (χ0) is 14.3. The minimum atomic E-state index is -0.735. The maximum Gasteiger partial charge on any atom is 0.133 e. The molecular formula is C15H11BrF2O2. The summed E-state index contributed by atoms with van der Waals surface area (Å²) in [6.07, 6.45) is -1.13. The third-order valence-electron chi connectivity index (χ3n) is 3.35. The van der Waals surface area contributed by atoms with Gasteiger partial charge in [0, 0.05) is 28.1 Å². The third kappa shape index (κ3) is 2.43. The number of halogens is 3. The molecule has 0 radical (unpaired) electrons. The van der Waals surface area contributed by atoms with Crippen molar-refractivity contribution in [2.75, 3.05) is 0 Å². The standard InChI is InChI=1S/C15H11BrF2O2/c16-8-1-3-11-13(19)7-15(20-14(11)5-8)10-4-2-9(17)6-12(10)18/h1-6,13,15,19H,7H2. The lowest BCUT2D eigenvalue weighted by Crippen LogP contribution is -2.20. The molecule has 0 aliphatic carbocycles. The molecule has 104 valence electrons. The number of aliphatic hydroxyl groups excluding tert-OH is 1. The van der Waals surface area contributed by atoms with Gasteiger partial charge in [-0.2, -0.15) is 0 Å². The van der Waals surface area contributed by atoms with Crippen LogP contribution < -0.4 is 4.74 Å². The summed E-state index contributed by atoms with van der Waals surface area (Å²) in [7, 11) is 0. The van der Waals surface area contributed by atoms with Crippen LogP contribution in [0.2, 0.25) is 0 Å². The maximum atomic E-state index is 13.8. The first kappa shape index (κ1) is 13.5. The van der Waals surface area contributed by atoms with E-state index in [0.29, 0.717) is 11.3 Å². The van der Waals surface area contributed by atoms with Crippen molar-refractivity contribution in [2.45, 2.75) is 18.6 Å². The molecule has 2 aromatic carbocycles. The summed E-state index contributed by atoms with van der Waals surface area (Å²) in [5.74, 6) is -0.793. The van der Waals surface area contributed by atoms with Crippen molar-refractivity contribution in [3.8, 4) is 5.75 Å². The van der Waals surface area contributed by atoms with Gasteiger partial charge in [-0.05, 0) is 24.3 Å². The first-order chi connectivity index (χ1) is 9.54. The highest BCUT2D eigenvalue weighted by Crippen LogP contribution is 2.42. The van der Waals surface area contributed by atoms with Crippen molar-refractivity contribution in [3.63, 3.8) is 0 Å². The fourth-order valence-electron chi connectivity index (χ4n) is 2.37. The van der Waals surface area contributed by atoms with Crippen LogP contribution in [-0.4, -0.2) is 5.11 Å². The van der Waals surface area contributed by atoms with Gasteiger partial charge >= 0.3 is 0 Å². The van der Waals surface area contributed by atoms with E-state index in [1.54, 1.807) is 12.1 Å². The zero-order valence-corrected chi connectivity index (χ0v) is 11.9. The summed E-state index contributed by atoms with van der Waals surface area (Å²) in [5, 5.41) is 10.1. The highest BCUT2D eigenvalue weighted by molar-refractivity contribution is 9.10. The van der Waals surface area contributed by atoms with Crippen LogP contribution >= 0.6 is 15.9 Å². The molecule has 1 aliphatic heterocycles. The second-order valence-electron chi connectivity index (χ2n) is 4.71. The maximum absolute atomic E-state index is 13.8. The Morgan fingerprint density at radius 1 is 1.10 bits per heavy atom. The van der Waals surface area contributed by atoms with E-state index in [9.17, 15) is 13.9 Å². The van der Waals surface area contributed by atoms with Crippen molar-refractivity contribution in [1.82, 2.24) is 0 Å². The molecule has 0 spiro atoms. The Labute approximate surface area is 123 Å². The van der Waals surface area contributed by atoms with Gasteiger partial charge in [-0.25, -0.2) is 8.78 Å². The molecule has 2 nitrogen and oxygen atoms in total. The number of rotatable bonds is 1. The number of aliphatic hydroxyl groups is 1. The van der Waals surface area contributed by atoms with Crippen LogP contribution in [-0.2, 0) is 0 Å². The summed E-state index contributed by atoms with van der Waals surface area (Å²) < 4.78 is 33.3. The molecule has 20 heavy (non-hydrogen) atoms. The summed E-state index contributed by atoms with van der Waals surface area (Å²) in [4.78, 5) is 0. The quantitative estimate of drug-likeness (QED) is 0.839. The van der Waals surface area contributed by atoms with Gasteiger partial charge in [0.05, 0.1) is 6.10 Å². The van der Waals surface area contributed by atoms with Crippen LogP contribution in [0.1, 0.15) is 29.8 Å². The van der Waals surface area contributed by atoms with Gasteiger partial charge in [0.2, 0.25) is 0 Å². The molecule has 2 aromatic rings. The predicted octanol–water partition coefficient (Wildman–Crippen LogP) is 4.28. The Morgan fingerprint density at radius 2 is 1.85 bits per heavy atom. The monoisotopic (exact) mass is 340 g/mol. The molecule has 1 N–H and O–H groups in total. The number of hydrogen-bond acceptors (Lipinski definition) is 2. The van der Waals surface area contributed by atoms with Gasteiger partial charge in [0.25, 0.3) is 0 Å². The summed E-state index contributed by atoms with van der Waals surface area (Å²) in [6.45, 7) is 0. The fourth-order valence-corrected chi connectivity index (χ4v) is 2.71. The van der Waals surface area contributed by atoms with Crippen LogP contribution in [0, 0.1) is 11.6 Å². The van der Waals surface area contributed by atoms with Gasteiger partial charge in [-0.15, -0.1) is 0 Å². The lowest BCUT2D eigenvalue weighted by atomic mass is 9.95. The van der Waals surface area contributed by atoms with Gasteiger partial charge < -0.3 is 9.84 Å². The molecule has 1 heterocycles. The molecule has 0 saturated carbocycles. The van der Waals surface area contributed by atoms with E-state index in [1.165, 1.54) is 12.1 Å². The van der Waals surface area contributed by atoms with E-state index in [0.717, 1.165) is 10.5 Å². The number of hydrogen-bond donors (Lipinski definition) is 1. The molecule has 2 atom stereocenters. The first-order valence-electron chi connectivity index (χ1n) is 6.13. The van der Waals surface area contributed by atoms with Crippen LogP contribution in [0.3, 0.4) is 0 Å². The van der Waals surface area contributed by atoms with Gasteiger partial charge in [0.15, 0.2) is 0 Å². The number of ether oxygens (including phenoxy) is 1. The molecule has 0 bridgehead atoms. The second kappa shape index (κ2) is 5.14. The average molecular weight is 341 g/mol. The Balaban J connectivity index is 1.98. The average Bonchev–Trinajstić information content (AvgIpc) is 2.37. The second-order valence-corrected chi connectivity index (χ2v) is 5.62. The molecular weight excluding hydrogens is 330 g/mol. The molecule has 1 aliphatic rings. The molecule has 2 unspecified atom stereocenters. The van der Waals surface area contributed by atoms with E-state index in [-0.39, 0.29) is 12.0 Å². The van der Waals surface area contributed by atoms with Crippen molar-refractivity contribution < 1.29 is 18.6 Å². The Kier molecular flexibility index (Phi) is 3.48. The minimum absolute atomic E-state index is 0.233. The summed E-state index contributed by atoms with van der Waals surface area (Å²) >= 11 is 3.33. The van der Waals surface area contributed by atoms with Gasteiger partial charge in [-0.1, -0.05) is 22.0 Å². The van der Waals surface area contributed by atoms with E-state index in [2.05, 4.69) is 15.9 Å². The highest BCUT2D eigenvalue weighted by atomic mass is 79.9. The Hall–Kier alpha value is -1.46. The lowest BCUT2D eigenvalue weighted by Gasteiger charge is -2.30. The van der Waals surface area contributed by atoms with Gasteiger partial charge in [-0.3, -0.25) is 0 Å². The summed E-state index contributed by atoms with van der Waals surface area (Å²) in [5.41, 5.74) is 0.919. The number of benzene rings is 2. The largest absolute Gasteiger partial charge is 0.485 e. The minimum Gasteiger partial charge on any atom is -0.485 e. The molecule has 0 aromatic heterocycles. The highest BCUT2D eigenvalue weighted by Gasteiger charge is 2.29. The van der Waals surface area contributed by atoms with Crippen LogP contribution in [0.5, 0.6) is 5.75 Å². The van der Waals surface area contributed by atoms with E-state index >= 15 is 0 Å². The zero-order valence-electron chi connectivity index (χ0n) is 10.3. The third-order valence-corrected chi connectivity index (χ3v) is 3.84. The van der Waals surface area contributed by atoms with E-state index in [1.807, 2.05) is 6.07 Å². The van der Waals surface area contributed by atoms with Gasteiger partial charge in [0.1, 0.15) is 23.5 Å². The Morgan fingerprint density at radius 3 is 2.60 bits per heavy atom. The fraction of sp³-hybridized carbons (Fsp3) is 0.200.